The highest BCUT2D eigenvalue weighted by molar-refractivity contribution is 5.92. The van der Waals surface area contributed by atoms with Crippen LogP contribution in [-0.2, 0) is 6.54 Å². The molecule has 0 bridgehead atoms. The second-order valence-electron chi connectivity index (χ2n) is 5.18. The van der Waals surface area contributed by atoms with Gasteiger partial charge in [0.05, 0.1) is 11.3 Å². The second-order valence-corrected chi connectivity index (χ2v) is 5.18. The predicted octanol–water partition coefficient (Wildman–Crippen LogP) is 1.35. The molecule has 5 heteroatoms. The topological polar surface area (TPSA) is 67.2 Å². The molecule has 1 aromatic rings. The van der Waals surface area contributed by atoms with Crippen LogP contribution in [-0.4, -0.2) is 32.9 Å². The van der Waals surface area contributed by atoms with Gasteiger partial charge in [0.1, 0.15) is 5.69 Å². The molecule has 2 N–H and O–H groups in total. The van der Waals surface area contributed by atoms with Crippen LogP contribution in [0.25, 0.3) is 0 Å². The van der Waals surface area contributed by atoms with Crippen molar-refractivity contribution < 1.29 is 9.90 Å². The number of aromatic nitrogens is 2. The first kappa shape index (κ1) is 14.7. The number of carbonyl (C=O) groups is 1. The lowest BCUT2D eigenvalue weighted by atomic mass is 9.92. The molecule has 0 aliphatic heterocycles. The van der Waals surface area contributed by atoms with Crippen LogP contribution in [0.4, 0.5) is 0 Å². The number of carbonyl (C=O) groups excluding carboxylic acids is 1. The van der Waals surface area contributed by atoms with E-state index < -0.39 is 5.60 Å². The molecule has 1 unspecified atom stereocenters. The Morgan fingerprint density at radius 1 is 1.61 bits per heavy atom. The molecule has 0 saturated heterocycles. The van der Waals surface area contributed by atoms with Crippen molar-refractivity contribution in [3.63, 3.8) is 0 Å². The Balaban J connectivity index is 2.71. The van der Waals surface area contributed by atoms with Crippen molar-refractivity contribution in [3.8, 4) is 0 Å². The fourth-order valence-electron chi connectivity index (χ4n) is 1.52. The molecule has 0 radical (unpaired) electrons. The summed E-state index contributed by atoms with van der Waals surface area (Å²) >= 11 is 0. The van der Waals surface area contributed by atoms with Gasteiger partial charge in [-0.15, -0.1) is 0 Å². The van der Waals surface area contributed by atoms with Crippen LogP contribution in [0.15, 0.2) is 6.07 Å². The summed E-state index contributed by atoms with van der Waals surface area (Å²) in [6.45, 7) is 10.2. The SMILES string of the molecule is CCn1nc(C)cc1C(=O)NCC(C)(O)C(C)C. The van der Waals surface area contributed by atoms with Gasteiger partial charge in [-0.25, -0.2) is 0 Å². The summed E-state index contributed by atoms with van der Waals surface area (Å²) in [5.74, 6) is -0.117. The van der Waals surface area contributed by atoms with Gasteiger partial charge >= 0.3 is 0 Å². The summed E-state index contributed by atoms with van der Waals surface area (Å²) in [5, 5.41) is 17.1. The molecule has 0 aliphatic carbocycles. The van der Waals surface area contributed by atoms with Crippen molar-refractivity contribution in [3.05, 3.63) is 17.5 Å². The fourth-order valence-corrected chi connectivity index (χ4v) is 1.52. The van der Waals surface area contributed by atoms with Gasteiger partial charge in [-0.3, -0.25) is 9.48 Å². The predicted molar refractivity (Wildman–Crippen MR) is 70.4 cm³/mol. The number of hydrogen-bond acceptors (Lipinski definition) is 3. The van der Waals surface area contributed by atoms with Crippen molar-refractivity contribution in [2.45, 2.75) is 46.8 Å². The molecular weight excluding hydrogens is 230 g/mol. The Morgan fingerprint density at radius 3 is 2.72 bits per heavy atom. The maximum atomic E-state index is 12.0. The number of hydrogen-bond donors (Lipinski definition) is 2. The van der Waals surface area contributed by atoms with E-state index in [1.807, 2.05) is 27.7 Å². The van der Waals surface area contributed by atoms with Crippen LogP contribution in [0.5, 0.6) is 0 Å². The Morgan fingerprint density at radius 2 is 2.22 bits per heavy atom. The van der Waals surface area contributed by atoms with Crippen LogP contribution in [0, 0.1) is 12.8 Å². The van der Waals surface area contributed by atoms with E-state index in [0.717, 1.165) is 5.69 Å². The summed E-state index contributed by atoms with van der Waals surface area (Å²) in [6.07, 6.45) is 0. The van der Waals surface area contributed by atoms with E-state index in [1.54, 1.807) is 17.7 Å². The minimum Gasteiger partial charge on any atom is -0.388 e. The minimum absolute atomic E-state index is 0.0793. The monoisotopic (exact) mass is 253 g/mol. The van der Waals surface area contributed by atoms with Gasteiger partial charge in [0.15, 0.2) is 0 Å². The Labute approximate surface area is 108 Å². The number of nitrogens with zero attached hydrogens (tertiary/aromatic N) is 2. The third-order valence-electron chi connectivity index (χ3n) is 3.28. The van der Waals surface area contributed by atoms with Crippen molar-refractivity contribution >= 4 is 5.91 Å². The van der Waals surface area contributed by atoms with Crippen LogP contribution in [0.1, 0.15) is 43.9 Å². The zero-order valence-corrected chi connectivity index (χ0v) is 11.8. The van der Waals surface area contributed by atoms with Gasteiger partial charge in [0, 0.05) is 13.1 Å². The summed E-state index contributed by atoms with van der Waals surface area (Å²) in [5.41, 5.74) is 0.453. The lowest BCUT2D eigenvalue weighted by Gasteiger charge is -2.27. The van der Waals surface area contributed by atoms with Crippen molar-refractivity contribution in [1.82, 2.24) is 15.1 Å². The maximum Gasteiger partial charge on any atom is 0.269 e. The number of nitrogens with one attached hydrogen (secondary N) is 1. The highest BCUT2D eigenvalue weighted by Gasteiger charge is 2.26. The van der Waals surface area contributed by atoms with Gasteiger partial charge in [-0.2, -0.15) is 5.10 Å². The van der Waals surface area contributed by atoms with E-state index in [4.69, 9.17) is 0 Å². The molecule has 1 atom stereocenters. The average molecular weight is 253 g/mol. The highest BCUT2D eigenvalue weighted by atomic mass is 16.3. The van der Waals surface area contributed by atoms with Gasteiger partial charge < -0.3 is 10.4 Å². The van der Waals surface area contributed by atoms with Crippen LogP contribution in [0.3, 0.4) is 0 Å². The molecule has 0 aromatic carbocycles. The number of aliphatic hydroxyl groups is 1. The van der Waals surface area contributed by atoms with Crippen molar-refractivity contribution in [2.75, 3.05) is 6.54 Å². The fraction of sp³-hybridized carbons (Fsp3) is 0.692. The van der Waals surface area contributed by atoms with E-state index in [2.05, 4.69) is 10.4 Å². The standard InChI is InChI=1S/C13H23N3O2/c1-6-16-11(7-10(4)15-16)12(17)14-8-13(5,18)9(2)3/h7,9,18H,6,8H2,1-5H3,(H,14,17). The van der Waals surface area contributed by atoms with E-state index >= 15 is 0 Å². The third-order valence-corrected chi connectivity index (χ3v) is 3.28. The molecule has 0 spiro atoms. The highest BCUT2D eigenvalue weighted by Crippen LogP contribution is 2.14. The number of rotatable bonds is 5. The van der Waals surface area contributed by atoms with E-state index in [0.29, 0.717) is 12.2 Å². The van der Waals surface area contributed by atoms with Crippen molar-refractivity contribution in [1.29, 1.82) is 0 Å². The van der Waals surface area contributed by atoms with E-state index in [1.165, 1.54) is 0 Å². The molecule has 1 amide bonds. The summed E-state index contributed by atoms with van der Waals surface area (Å²) in [6, 6.07) is 1.75. The summed E-state index contributed by atoms with van der Waals surface area (Å²) in [4.78, 5) is 12.0. The molecule has 102 valence electrons. The second kappa shape index (κ2) is 5.52. The summed E-state index contributed by atoms with van der Waals surface area (Å²) < 4.78 is 1.66. The Bertz CT molecular complexity index is 422. The normalized spacial score (nSPS) is 14.6. The van der Waals surface area contributed by atoms with Gasteiger partial charge in [-0.05, 0) is 32.8 Å². The molecule has 5 nitrogen and oxygen atoms in total. The maximum absolute atomic E-state index is 12.0. The van der Waals surface area contributed by atoms with E-state index in [-0.39, 0.29) is 18.4 Å². The van der Waals surface area contributed by atoms with Gasteiger partial charge in [0.25, 0.3) is 5.91 Å². The molecule has 1 aromatic heterocycles. The Kier molecular flexibility index (Phi) is 4.51. The first-order chi connectivity index (χ1) is 8.27. The van der Waals surface area contributed by atoms with Crippen molar-refractivity contribution in [2.24, 2.45) is 5.92 Å². The first-order valence-electron chi connectivity index (χ1n) is 6.33. The smallest absolute Gasteiger partial charge is 0.269 e. The lowest BCUT2D eigenvalue weighted by molar-refractivity contribution is 0.0141. The lowest BCUT2D eigenvalue weighted by Crippen LogP contribution is -2.44. The van der Waals surface area contributed by atoms with Crippen LogP contribution in [0.2, 0.25) is 0 Å². The molecule has 0 saturated carbocycles. The third kappa shape index (κ3) is 3.32. The molecule has 1 rings (SSSR count). The molecule has 1 heterocycles. The number of aryl methyl sites for hydroxylation is 2. The molecular formula is C13H23N3O2. The van der Waals surface area contributed by atoms with Crippen LogP contribution < -0.4 is 5.32 Å². The summed E-state index contributed by atoms with van der Waals surface area (Å²) in [7, 11) is 0. The molecule has 0 fully saturated rings. The largest absolute Gasteiger partial charge is 0.388 e. The van der Waals surface area contributed by atoms with Crippen LogP contribution >= 0.6 is 0 Å². The minimum atomic E-state index is -0.901. The molecule has 0 aliphatic rings. The van der Waals surface area contributed by atoms with Gasteiger partial charge in [0.2, 0.25) is 0 Å². The first-order valence-corrected chi connectivity index (χ1v) is 6.33. The van der Waals surface area contributed by atoms with Gasteiger partial charge in [-0.1, -0.05) is 13.8 Å². The van der Waals surface area contributed by atoms with E-state index in [9.17, 15) is 9.90 Å². The molecule has 18 heavy (non-hydrogen) atoms. The Hall–Kier alpha value is -1.36. The number of amides is 1. The quantitative estimate of drug-likeness (QED) is 0.832. The zero-order chi connectivity index (χ0) is 13.9. The zero-order valence-electron chi connectivity index (χ0n) is 11.8. The average Bonchev–Trinajstić information content (AvgIpc) is 2.67.